The second kappa shape index (κ2) is 7.09. The molecule has 0 radical (unpaired) electrons. The van der Waals surface area contributed by atoms with Gasteiger partial charge in [-0.3, -0.25) is 4.68 Å². The fraction of sp³-hybridized carbons (Fsp3) is 0.526. The molecule has 28 heavy (non-hydrogen) atoms. The molecule has 6 nitrogen and oxygen atoms in total. The Morgan fingerprint density at radius 1 is 1.25 bits per heavy atom. The van der Waals surface area contributed by atoms with Crippen LogP contribution < -0.4 is 4.90 Å². The second-order valence-electron chi connectivity index (χ2n) is 7.25. The van der Waals surface area contributed by atoms with E-state index in [-0.39, 0.29) is 23.6 Å². The van der Waals surface area contributed by atoms with Gasteiger partial charge in [0.25, 0.3) is 0 Å². The van der Waals surface area contributed by atoms with Crippen molar-refractivity contribution >= 4 is 5.82 Å². The zero-order valence-electron chi connectivity index (χ0n) is 15.4. The summed E-state index contributed by atoms with van der Waals surface area (Å²) in [6.07, 6.45) is 1.11. The van der Waals surface area contributed by atoms with Crippen molar-refractivity contribution in [2.45, 2.75) is 44.4 Å². The Balaban J connectivity index is 1.78. The fourth-order valence-electron chi connectivity index (χ4n) is 3.67. The molecule has 0 spiro atoms. The van der Waals surface area contributed by atoms with Crippen molar-refractivity contribution in [3.05, 3.63) is 29.6 Å². The first-order valence-electron chi connectivity index (χ1n) is 9.29. The molecule has 2 aliphatic heterocycles. The van der Waals surface area contributed by atoms with Crippen molar-refractivity contribution in [3.63, 3.8) is 0 Å². The largest absolute Gasteiger partial charge is 0.417 e. The Labute approximate surface area is 160 Å². The molecule has 0 bridgehead atoms. The molecule has 2 aromatic heterocycles. The maximum atomic E-state index is 13.7. The molecular formula is C19H20F3N5O. The topological polar surface area (TPSA) is 67.0 Å². The third-order valence-corrected chi connectivity index (χ3v) is 5.47. The molecule has 148 valence electrons. The van der Waals surface area contributed by atoms with Crippen molar-refractivity contribution in [1.29, 1.82) is 5.26 Å². The van der Waals surface area contributed by atoms with E-state index in [9.17, 15) is 18.4 Å². The van der Waals surface area contributed by atoms with Gasteiger partial charge in [0.05, 0.1) is 23.5 Å². The molecular weight excluding hydrogens is 371 g/mol. The number of hydrogen-bond acceptors (Lipinski definition) is 5. The summed E-state index contributed by atoms with van der Waals surface area (Å²) < 4.78 is 48.1. The average molecular weight is 391 g/mol. The van der Waals surface area contributed by atoms with Crippen LogP contribution in [0.15, 0.2) is 18.5 Å². The lowest BCUT2D eigenvalue weighted by atomic mass is 10.0. The lowest BCUT2D eigenvalue weighted by molar-refractivity contribution is -0.137. The SMILES string of the molecule is C[C@H]1CCN1c1nc(-c2cnn(C3CCOCC3)c2)cc(C(F)(F)F)c1C#N. The van der Waals surface area contributed by atoms with Crippen LogP contribution in [0, 0.1) is 11.3 Å². The van der Waals surface area contributed by atoms with Gasteiger partial charge in [0.2, 0.25) is 0 Å². The minimum atomic E-state index is -4.64. The molecule has 2 aromatic rings. The van der Waals surface area contributed by atoms with E-state index in [1.165, 1.54) is 6.20 Å². The zero-order valence-corrected chi connectivity index (χ0v) is 15.4. The minimum absolute atomic E-state index is 0.0564. The van der Waals surface area contributed by atoms with Gasteiger partial charge in [-0.25, -0.2) is 4.98 Å². The summed E-state index contributed by atoms with van der Waals surface area (Å²) in [5.41, 5.74) is -0.679. The van der Waals surface area contributed by atoms with Gasteiger partial charge in [-0.05, 0) is 32.3 Å². The summed E-state index contributed by atoms with van der Waals surface area (Å²) in [6, 6.07) is 2.89. The molecule has 2 aliphatic rings. The number of nitriles is 1. The molecule has 0 saturated carbocycles. The van der Waals surface area contributed by atoms with Gasteiger partial charge in [0, 0.05) is 37.6 Å². The zero-order chi connectivity index (χ0) is 19.9. The minimum Gasteiger partial charge on any atom is -0.381 e. The van der Waals surface area contributed by atoms with Gasteiger partial charge in [-0.15, -0.1) is 0 Å². The van der Waals surface area contributed by atoms with Crippen LogP contribution in [0.3, 0.4) is 0 Å². The summed E-state index contributed by atoms with van der Waals surface area (Å²) in [6.45, 7) is 3.79. The standard InChI is InChI=1S/C19H20F3N5O/c1-12-2-5-26(12)18-15(9-23)16(19(20,21)22)8-17(25-18)13-10-24-27(11-13)14-3-6-28-7-4-14/h8,10-12,14H,2-7H2,1H3/t12-/m0/s1. The molecule has 4 rings (SSSR count). The van der Waals surface area contributed by atoms with Crippen LogP contribution in [0.1, 0.15) is 43.4 Å². The van der Waals surface area contributed by atoms with Crippen molar-refractivity contribution in [2.75, 3.05) is 24.7 Å². The van der Waals surface area contributed by atoms with Gasteiger partial charge < -0.3 is 9.64 Å². The van der Waals surface area contributed by atoms with E-state index < -0.39 is 17.3 Å². The van der Waals surface area contributed by atoms with Crippen molar-refractivity contribution in [1.82, 2.24) is 14.8 Å². The van der Waals surface area contributed by atoms with E-state index in [1.807, 2.05) is 6.92 Å². The molecule has 9 heteroatoms. The summed E-state index contributed by atoms with van der Waals surface area (Å²) in [4.78, 5) is 6.19. The highest BCUT2D eigenvalue weighted by Crippen LogP contribution is 2.39. The van der Waals surface area contributed by atoms with E-state index in [0.29, 0.717) is 25.3 Å². The van der Waals surface area contributed by atoms with Crippen LogP contribution >= 0.6 is 0 Å². The molecule has 0 unspecified atom stereocenters. The summed E-state index contributed by atoms with van der Waals surface area (Å²) >= 11 is 0. The number of halogens is 3. The number of anilines is 1. The fourth-order valence-corrected chi connectivity index (χ4v) is 3.67. The van der Waals surface area contributed by atoms with E-state index in [2.05, 4.69) is 10.1 Å². The van der Waals surface area contributed by atoms with E-state index in [0.717, 1.165) is 25.3 Å². The Morgan fingerprint density at radius 2 is 2.00 bits per heavy atom. The van der Waals surface area contributed by atoms with Crippen LogP contribution in [0.4, 0.5) is 19.0 Å². The lowest BCUT2D eigenvalue weighted by Crippen LogP contribution is -2.46. The van der Waals surface area contributed by atoms with Gasteiger partial charge >= 0.3 is 6.18 Å². The average Bonchev–Trinajstić information content (AvgIpc) is 3.16. The number of alkyl halides is 3. The van der Waals surface area contributed by atoms with Gasteiger partial charge in [0.15, 0.2) is 0 Å². The van der Waals surface area contributed by atoms with Gasteiger partial charge in [-0.1, -0.05) is 0 Å². The summed E-state index contributed by atoms with van der Waals surface area (Å²) in [5, 5.41) is 13.7. The normalized spacial score (nSPS) is 20.7. The summed E-state index contributed by atoms with van der Waals surface area (Å²) in [5.74, 6) is 0.102. The number of hydrogen-bond donors (Lipinski definition) is 0. The smallest absolute Gasteiger partial charge is 0.381 e. The maximum Gasteiger partial charge on any atom is 0.417 e. The molecule has 0 aliphatic carbocycles. The number of pyridine rings is 1. The Bertz CT molecular complexity index is 911. The first-order chi connectivity index (χ1) is 13.4. The van der Waals surface area contributed by atoms with Crippen molar-refractivity contribution < 1.29 is 17.9 Å². The Kier molecular flexibility index (Phi) is 4.75. The lowest BCUT2D eigenvalue weighted by Gasteiger charge is -2.40. The van der Waals surface area contributed by atoms with Crippen LogP contribution in [-0.2, 0) is 10.9 Å². The van der Waals surface area contributed by atoms with E-state index in [4.69, 9.17) is 4.74 Å². The molecule has 0 N–H and O–H groups in total. The predicted octanol–water partition coefficient (Wildman–Crippen LogP) is 3.79. The monoisotopic (exact) mass is 391 g/mol. The van der Waals surface area contributed by atoms with Crippen molar-refractivity contribution in [3.8, 4) is 17.3 Å². The van der Waals surface area contributed by atoms with E-state index in [1.54, 1.807) is 21.8 Å². The number of nitrogens with zero attached hydrogens (tertiary/aromatic N) is 5. The highest BCUT2D eigenvalue weighted by molar-refractivity contribution is 5.68. The second-order valence-corrected chi connectivity index (χ2v) is 7.25. The van der Waals surface area contributed by atoms with Crippen LogP contribution in [0.25, 0.3) is 11.3 Å². The quantitative estimate of drug-likeness (QED) is 0.797. The Hall–Kier alpha value is -2.60. The first kappa shape index (κ1) is 18.7. The third-order valence-electron chi connectivity index (χ3n) is 5.47. The highest BCUT2D eigenvalue weighted by atomic mass is 19.4. The third kappa shape index (κ3) is 3.33. The maximum absolute atomic E-state index is 13.7. The highest BCUT2D eigenvalue weighted by Gasteiger charge is 2.38. The number of aromatic nitrogens is 3. The van der Waals surface area contributed by atoms with Crippen LogP contribution in [-0.4, -0.2) is 40.6 Å². The Morgan fingerprint density at radius 3 is 2.57 bits per heavy atom. The molecule has 1 atom stereocenters. The van der Waals surface area contributed by atoms with E-state index >= 15 is 0 Å². The van der Waals surface area contributed by atoms with Crippen LogP contribution in [0.5, 0.6) is 0 Å². The van der Waals surface area contributed by atoms with Gasteiger partial charge in [0.1, 0.15) is 17.5 Å². The molecule has 2 fully saturated rings. The number of rotatable bonds is 3. The molecule has 2 saturated heterocycles. The summed E-state index contributed by atoms with van der Waals surface area (Å²) in [7, 11) is 0. The number of ether oxygens (including phenoxy) is 1. The first-order valence-corrected chi connectivity index (χ1v) is 9.29. The molecule has 0 amide bonds. The van der Waals surface area contributed by atoms with Crippen LogP contribution in [0.2, 0.25) is 0 Å². The predicted molar refractivity (Wildman–Crippen MR) is 95.7 cm³/mol. The van der Waals surface area contributed by atoms with Gasteiger partial charge in [-0.2, -0.15) is 23.5 Å². The van der Waals surface area contributed by atoms with Crippen molar-refractivity contribution in [2.24, 2.45) is 0 Å². The molecule has 0 aromatic carbocycles. The molecule has 4 heterocycles.